The lowest BCUT2D eigenvalue weighted by Crippen LogP contribution is -2.34. The van der Waals surface area contributed by atoms with E-state index in [-0.39, 0.29) is 30.1 Å². The van der Waals surface area contributed by atoms with Crippen molar-refractivity contribution in [1.29, 1.82) is 0 Å². The summed E-state index contributed by atoms with van der Waals surface area (Å²) in [6.07, 6.45) is 2.67. The minimum Gasteiger partial charge on any atom is -0.352 e. The van der Waals surface area contributed by atoms with Crippen LogP contribution < -0.4 is 16.0 Å². The predicted octanol–water partition coefficient (Wildman–Crippen LogP) is 2.19. The Kier molecular flexibility index (Phi) is 7.91. The quantitative estimate of drug-likeness (QED) is 0.777. The molecule has 1 fully saturated rings. The Labute approximate surface area is 137 Å². The summed E-state index contributed by atoms with van der Waals surface area (Å²) in [5, 5.41) is 9.00. The molecule has 0 atom stereocenters. The Morgan fingerprint density at radius 1 is 1.18 bits per heavy atom. The third-order valence-electron chi connectivity index (χ3n) is 3.66. The van der Waals surface area contributed by atoms with Crippen molar-refractivity contribution in [2.75, 3.05) is 25.0 Å². The van der Waals surface area contributed by atoms with Crippen LogP contribution in [0.4, 0.5) is 5.69 Å². The van der Waals surface area contributed by atoms with Gasteiger partial charge < -0.3 is 16.0 Å². The molecule has 0 bridgehead atoms. The second kappa shape index (κ2) is 9.43. The first-order chi connectivity index (χ1) is 10.2. The number of rotatable bonds is 5. The van der Waals surface area contributed by atoms with Crippen molar-refractivity contribution in [2.24, 2.45) is 5.92 Å². The highest BCUT2D eigenvalue weighted by Gasteiger charge is 2.20. The zero-order valence-electron chi connectivity index (χ0n) is 12.9. The second-order valence-corrected chi connectivity index (χ2v) is 5.35. The molecule has 1 aliphatic heterocycles. The van der Waals surface area contributed by atoms with Gasteiger partial charge in [-0.1, -0.05) is 6.92 Å². The standard InChI is InChI=1S/C16H23N3O2.ClH/c1-2-9-18-15(20)12-3-5-14(6-4-12)19-16(21)13-7-10-17-11-8-13;/h3-6,13,17H,2,7-11H2,1H3,(H,18,20)(H,19,21);1H. The van der Waals surface area contributed by atoms with Gasteiger partial charge in [0.25, 0.3) is 5.91 Å². The maximum Gasteiger partial charge on any atom is 0.251 e. The number of hydrogen-bond donors (Lipinski definition) is 3. The van der Waals surface area contributed by atoms with E-state index in [0.29, 0.717) is 12.1 Å². The molecule has 2 rings (SSSR count). The highest BCUT2D eigenvalue weighted by atomic mass is 35.5. The summed E-state index contributed by atoms with van der Waals surface area (Å²) in [4.78, 5) is 23.9. The first-order valence-electron chi connectivity index (χ1n) is 7.60. The van der Waals surface area contributed by atoms with Crippen molar-refractivity contribution in [3.63, 3.8) is 0 Å². The van der Waals surface area contributed by atoms with E-state index in [1.165, 1.54) is 0 Å². The summed E-state index contributed by atoms with van der Waals surface area (Å²) >= 11 is 0. The SMILES string of the molecule is CCCNC(=O)c1ccc(NC(=O)C2CCNCC2)cc1.Cl. The fourth-order valence-corrected chi connectivity index (χ4v) is 2.37. The van der Waals surface area contributed by atoms with Gasteiger partial charge in [0, 0.05) is 23.7 Å². The number of carbonyl (C=O) groups is 2. The molecule has 0 spiro atoms. The zero-order chi connectivity index (χ0) is 15.1. The number of amides is 2. The van der Waals surface area contributed by atoms with Crippen molar-refractivity contribution in [2.45, 2.75) is 26.2 Å². The van der Waals surface area contributed by atoms with Crippen LogP contribution in [0.2, 0.25) is 0 Å². The van der Waals surface area contributed by atoms with E-state index in [4.69, 9.17) is 0 Å². The number of hydrogen-bond acceptors (Lipinski definition) is 3. The summed E-state index contributed by atoms with van der Waals surface area (Å²) < 4.78 is 0. The van der Waals surface area contributed by atoms with Crippen molar-refractivity contribution in [3.8, 4) is 0 Å². The van der Waals surface area contributed by atoms with Gasteiger partial charge in [-0.25, -0.2) is 0 Å². The molecule has 2 amide bonds. The molecule has 6 heteroatoms. The average Bonchev–Trinajstić information content (AvgIpc) is 2.54. The minimum atomic E-state index is -0.0759. The van der Waals surface area contributed by atoms with Gasteiger partial charge in [0.2, 0.25) is 5.91 Å². The molecule has 1 heterocycles. The fourth-order valence-electron chi connectivity index (χ4n) is 2.37. The normalized spacial score (nSPS) is 14.8. The first-order valence-corrected chi connectivity index (χ1v) is 7.60. The molecular formula is C16H24ClN3O2. The molecule has 122 valence electrons. The third-order valence-corrected chi connectivity index (χ3v) is 3.66. The molecule has 1 aromatic rings. The van der Waals surface area contributed by atoms with Crippen LogP contribution in [-0.2, 0) is 4.79 Å². The minimum absolute atomic E-state index is 0. The van der Waals surface area contributed by atoms with E-state index in [2.05, 4.69) is 16.0 Å². The lowest BCUT2D eigenvalue weighted by Gasteiger charge is -2.21. The Morgan fingerprint density at radius 3 is 2.41 bits per heavy atom. The summed E-state index contributed by atoms with van der Waals surface area (Å²) in [6.45, 7) is 4.48. The summed E-state index contributed by atoms with van der Waals surface area (Å²) in [6, 6.07) is 7.03. The number of carbonyl (C=O) groups excluding carboxylic acids is 2. The van der Waals surface area contributed by atoms with Crippen LogP contribution in [0.3, 0.4) is 0 Å². The van der Waals surface area contributed by atoms with Crippen LogP contribution in [0.15, 0.2) is 24.3 Å². The van der Waals surface area contributed by atoms with Gasteiger partial charge in [0.15, 0.2) is 0 Å². The van der Waals surface area contributed by atoms with E-state index >= 15 is 0 Å². The van der Waals surface area contributed by atoms with Crippen LogP contribution in [0.5, 0.6) is 0 Å². The first kappa shape index (κ1) is 18.5. The number of benzene rings is 1. The monoisotopic (exact) mass is 325 g/mol. The number of nitrogens with one attached hydrogen (secondary N) is 3. The highest BCUT2D eigenvalue weighted by molar-refractivity contribution is 5.96. The Balaban J connectivity index is 0.00000242. The molecule has 0 saturated carbocycles. The van der Waals surface area contributed by atoms with Crippen molar-refractivity contribution in [1.82, 2.24) is 10.6 Å². The van der Waals surface area contributed by atoms with Gasteiger partial charge in [-0.15, -0.1) is 12.4 Å². The van der Waals surface area contributed by atoms with Gasteiger partial charge in [0.1, 0.15) is 0 Å². The van der Waals surface area contributed by atoms with Crippen molar-refractivity contribution in [3.05, 3.63) is 29.8 Å². The van der Waals surface area contributed by atoms with Crippen molar-refractivity contribution >= 4 is 29.9 Å². The van der Waals surface area contributed by atoms with Gasteiger partial charge >= 0.3 is 0 Å². The molecule has 0 aromatic heterocycles. The molecule has 1 aliphatic rings. The molecule has 3 N–H and O–H groups in total. The average molecular weight is 326 g/mol. The Bertz CT molecular complexity index is 485. The topological polar surface area (TPSA) is 70.2 Å². The smallest absolute Gasteiger partial charge is 0.251 e. The lowest BCUT2D eigenvalue weighted by molar-refractivity contribution is -0.120. The molecule has 22 heavy (non-hydrogen) atoms. The number of halogens is 1. The van der Waals surface area contributed by atoms with Gasteiger partial charge in [-0.05, 0) is 56.6 Å². The molecule has 0 radical (unpaired) electrons. The summed E-state index contributed by atoms with van der Waals surface area (Å²) in [7, 11) is 0. The van der Waals surface area contributed by atoms with E-state index in [0.717, 1.165) is 38.0 Å². The van der Waals surface area contributed by atoms with Crippen LogP contribution in [-0.4, -0.2) is 31.4 Å². The van der Waals surface area contributed by atoms with E-state index in [9.17, 15) is 9.59 Å². The van der Waals surface area contributed by atoms with E-state index in [1.807, 2.05) is 6.92 Å². The summed E-state index contributed by atoms with van der Waals surface area (Å²) in [5.41, 5.74) is 1.36. The van der Waals surface area contributed by atoms with E-state index in [1.54, 1.807) is 24.3 Å². The third kappa shape index (κ3) is 5.31. The van der Waals surface area contributed by atoms with Gasteiger partial charge in [-0.2, -0.15) is 0 Å². The molecule has 5 nitrogen and oxygen atoms in total. The predicted molar refractivity (Wildman–Crippen MR) is 90.5 cm³/mol. The van der Waals surface area contributed by atoms with Gasteiger partial charge in [-0.3, -0.25) is 9.59 Å². The summed E-state index contributed by atoms with van der Waals surface area (Å²) in [5.74, 6) is 0.0755. The number of piperidine rings is 1. The maximum absolute atomic E-state index is 12.1. The zero-order valence-corrected chi connectivity index (χ0v) is 13.7. The second-order valence-electron chi connectivity index (χ2n) is 5.35. The Morgan fingerprint density at radius 2 is 1.82 bits per heavy atom. The largest absolute Gasteiger partial charge is 0.352 e. The fraction of sp³-hybridized carbons (Fsp3) is 0.500. The molecule has 1 saturated heterocycles. The van der Waals surface area contributed by atoms with Crippen molar-refractivity contribution < 1.29 is 9.59 Å². The van der Waals surface area contributed by atoms with Crippen LogP contribution in [0.1, 0.15) is 36.5 Å². The van der Waals surface area contributed by atoms with Crippen LogP contribution >= 0.6 is 12.4 Å². The lowest BCUT2D eigenvalue weighted by atomic mass is 9.97. The molecule has 0 aliphatic carbocycles. The van der Waals surface area contributed by atoms with Crippen LogP contribution in [0, 0.1) is 5.92 Å². The van der Waals surface area contributed by atoms with E-state index < -0.39 is 0 Å². The highest BCUT2D eigenvalue weighted by Crippen LogP contribution is 2.16. The number of anilines is 1. The maximum atomic E-state index is 12.1. The molecular weight excluding hydrogens is 302 g/mol. The Hall–Kier alpha value is -1.59. The molecule has 1 aromatic carbocycles. The molecule has 0 unspecified atom stereocenters. The van der Waals surface area contributed by atoms with Gasteiger partial charge in [0.05, 0.1) is 0 Å². The van der Waals surface area contributed by atoms with Crippen LogP contribution in [0.25, 0.3) is 0 Å².